The van der Waals surface area contributed by atoms with Crippen LogP contribution >= 0.6 is 0 Å². The molecule has 0 amide bonds. The van der Waals surface area contributed by atoms with Gasteiger partial charge in [0, 0.05) is 6.20 Å². The smallest absolute Gasteiger partial charge is 0.460 e. The van der Waals surface area contributed by atoms with E-state index in [-0.39, 0.29) is 6.20 Å². The average molecular weight is 397 g/mol. The van der Waals surface area contributed by atoms with Gasteiger partial charge in [0.25, 0.3) is 0 Å². The fourth-order valence-electron chi connectivity index (χ4n) is 1.07. The molecule has 0 radical (unpaired) electrons. The molecule has 0 rings (SSSR count). The Morgan fingerprint density at radius 1 is 1.00 bits per heavy atom. The molecule has 0 aliphatic heterocycles. The van der Waals surface area contributed by atoms with Crippen molar-refractivity contribution in [3.05, 3.63) is 11.8 Å². The standard InChI is InChI=1S/C9H8F9NO4S/c1-2-4(5(20)21)3-19-24(22,23)9(17,18)7(12,13)6(10,11)8(14,15)16/h3,19H,2H2,1H3,(H,20,21). The zero-order chi connectivity index (χ0) is 19.8. The van der Waals surface area contributed by atoms with Crippen molar-refractivity contribution in [1.29, 1.82) is 0 Å². The third-order valence-electron chi connectivity index (χ3n) is 2.50. The first-order chi connectivity index (χ1) is 10.4. The maximum Gasteiger partial charge on any atom is 0.460 e. The van der Waals surface area contributed by atoms with Gasteiger partial charge < -0.3 is 5.11 Å². The second-order valence-corrected chi connectivity index (χ2v) is 5.87. The van der Waals surface area contributed by atoms with Crippen LogP contribution in [0.1, 0.15) is 13.3 Å². The molecule has 0 heterocycles. The molecular formula is C9H8F9NO4S. The molecule has 0 bridgehead atoms. The fraction of sp³-hybridized carbons (Fsp3) is 0.667. The molecule has 15 heteroatoms. The molecule has 0 aromatic heterocycles. The summed E-state index contributed by atoms with van der Waals surface area (Å²) in [6.45, 7) is 1.07. The Bertz CT molecular complexity index is 623. The molecule has 0 aliphatic rings. The zero-order valence-electron chi connectivity index (χ0n) is 11.3. The van der Waals surface area contributed by atoms with Gasteiger partial charge in [-0.25, -0.2) is 4.79 Å². The van der Waals surface area contributed by atoms with Gasteiger partial charge in [-0.05, 0) is 6.42 Å². The summed E-state index contributed by atoms with van der Waals surface area (Å²) in [5, 5.41) is 1.54. The number of hydrogen-bond donors (Lipinski definition) is 2. The number of nitrogens with one attached hydrogen (secondary N) is 1. The van der Waals surface area contributed by atoms with Crippen LogP contribution in [0.5, 0.6) is 0 Å². The van der Waals surface area contributed by atoms with Crippen LogP contribution in [-0.2, 0) is 14.8 Å². The van der Waals surface area contributed by atoms with Crippen molar-refractivity contribution in [2.24, 2.45) is 0 Å². The quantitative estimate of drug-likeness (QED) is 0.511. The van der Waals surface area contributed by atoms with E-state index < -0.39 is 51.3 Å². The lowest BCUT2D eigenvalue weighted by molar-refractivity contribution is -0.382. The van der Waals surface area contributed by atoms with Crippen molar-refractivity contribution in [3.63, 3.8) is 0 Å². The van der Waals surface area contributed by atoms with Crippen LogP contribution < -0.4 is 4.72 Å². The van der Waals surface area contributed by atoms with Crippen molar-refractivity contribution < 1.29 is 57.8 Å². The minimum atomic E-state index is -7.39. The Labute approximate surface area is 128 Å². The molecule has 0 spiro atoms. The zero-order valence-corrected chi connectivity index (χ0v) is 12.1. The van der Waals surface area contributed by atoms with Crippen LogP contribution in [0.4, 0.5) is 39.5 Å². The predicted molar refractivity (Wildman–Crippen MR) is 59.0 cm³/mol. The fourth-order valence-corrected chi connectivity index (χ4v) is 1.98. The lowest BCUT2D eigenvalue weighted by Crippen LogP contribution is -2.64. The normalized spacial score (nSPS) is 15.3. The van der Waals surface area contributed by atoms with E-state index in [9.17, 15) is 52.7 Å². The van der Waals surface area contributed by atoms with Crippen LogP contribution in [-0.4, -0.2) is 42.8 Å². The van der Waals surface area contributed by atoms with Crippen molar-refractivity contribution in [3.8, 4) is 0 Å². The van der Waals surface area contributed by atoms with Gasteiger partial charge in [-0.1, -0.05) is 6.92 Å². The van der Waals surface area contributed by atoms with Crippen molar-refractivity contribution in [2.45, 2.75) is 36.6 Å². The van der Waals surface area contributed by atoms with E-state index in [1.807, 2.05) is 0 Å². The molecule has 0 unspecified atom stereocenters. The van der Waals surface area contributed by atoms with Gasteiger partial charge in [0.2, 0.25) is 0 Å². The van der Waals surface area contributed by atoms with E-state index in [0.29, 0.717) is 4.72 Å². The molecule has 0 atom stereocenters. The average Bonchev–Trinajstić information content (AvgIpc) is 2.36. The van der Waals surface area contributed by atoms with Crippen LogP contribution in [0.15, 0.2) is 11.8 Å². The molecule has 2 N–H and O–H groups in total. The summed E-state index contributed by atoms with van der Waals surface area (Å²) in [6, 6.07) is 0. The van der Waals surface area contributed by atoms with E-state index in [0.717, 1.165) is 6.92 Å². The molecule has 0 saturated carbocycles. The lowest BCUT2D eigenvalue weighted by Gasteiger charge is -2.32. The van der Waals surface area contributed by atoms with Gasteiger partial charge in [0.05, 0.1) is 5.57 Å². The van der Waals surface area contributed by atoms with Gasteiger partial charge in [-0.15, -0.1) is 0 Å². The second-order valence-electron chi connectivity index (χ2n) is 4.11. The van der Waals surface area contributed by atoms with E-state index >= 15 is 0 Å². The van der Waals surface area contributed by atoms with E-state index in [1.54, 1.807) is 0 Å². The summed E-state index contributed by atoms with van der Waals surface area (Å²) in [6.07, 6.45) is -7.94. The number of carboxylic acid groups (broad SMARTS) is 1. The molecule has 0 fully saturated rings. The molecule has 0 aromatic carbocycles. The number of aliphatic carboxylic acids is 1. The van der Waals surface area contributed by atoms with Crippen molar-refractivity contribution in [1.82, 2.24) is 4.72 Å². The molecule has 0 saturated heterocycles. The molecule has 0 aromatic rings. The van der Waals surface area contributed by atoms with E-state index in [4.69, 9.17) is 5.11 Å². The minimum absolute atomic E-state index is 0.243. The SMILES string of the molecule is CCC(=CNS(=O)(=O)C(F)(F)C(F)(F)C(F)(F)C(F)(F)F)C(=O)O. The molecular weight excluding hydrogens is 389 g/mol. The monoisotopic (exact) mass is 397 g/mol. The van der Waals surface area contributed by atoms with Crippen molar-refractivity contribution >= 4 is 16.0 Å². The summed E-state index contributed by atoms with van der Waals surface area (Å²) in [5.74, 6) is -16.6. The second kappa shape index (κ2) is 6.33. The number of carbonyl (C=O) groups is 1. The van der Waals surface area contributed by atoms with Gasteiger partial charge in [-0.3, -0.25) is 4.72 Å². The van der Waals surface area contributed by atoms with Crippen molar-refractivity contribution in [2.75, 3.05) is 0 Å². The Kier molecular flexibility index (Phi) is 5.89. The van der Waals surface area contributed by atoms with Crippen LogP contribution in [0.2, 0.25) is 0 Å². The highest BCUT2D eigenvalue weighted by atomic mass is 32.2. The molecule has 5 nitrogen and oxygen atoms in total. The first kappa shape index (κ1) is 22.3. The number of rotatable bonds is 7. The topological polar surface area (TPSA) is 83.5 Å². The maximum atomic E-state index is 13.2. The summed E-state index contributed by atoms with van der Waals surface area (Å²) in [5.41, 5.74) is -0.958. The third-order valence-corrected chi connectivity index (χ3v) is 3.86. The number of hydrogen-bond acceptors (Lipinski definition) is 3. The Balaban J connectivity index is 6.00. The molecule has 24 heavy (non-hydrogen) atoms. The molecule has 0 aliphatic carbocycles. The van der Waals surface area contributed by atoms with Crippen LogP contribution in [0, 0.1) is 0 Å². The maximum absolute atomic E-state index is 13.2. The van der Waals surface area contributed by atoms with Crippen LogP contribution in [0.3, 0.4) is 0 Å². The summed E-state index contributed by atoms with van der Waals surface area (Å²) in [4.78, 5) is 10.5. The Morgan fingerprint density at radius 3 is 1.71 bits per heavy atom. The number of alkyl halides is 9. The number of sulfonamides is 1. The van der Waals surface area contributed by atoms with E-state index in [1.165, 1.54) is 0 Å². The Morgan fingerprint density at radius 2 is 1.42 bits per heavy atom. The first-order valence-corrected chi connectivity index (χ1v) is 6.99. The number of halogens is 9. The molecule has 142 valence electrons. The van der Waals surface area contributed by atoms with Gasteiger partial charge in [0.15, 0.2) is 0 Å². The highest BCUT2D eigenvalue weighted by Gasteiger charge is 2.85. The van der Waals surface area contributed by atoms with E-state index in [2.05, 4.69) is 0 Å². The largest absolute Gasteiger partial charge is 0.478 e. The third kappa shape index (κ3) is 3.54. The number of carboxylic acids is 1. The van der Waals surface area contributed by atoms with Crippen LogP contribution in [0.25, 0.3) is 0 Å². The van der Waals surface area contributed by atoms with Gasteiger partial charge in [0.1, 0.15) is 0 Å². The van der Waals surface area contributed by atoms with Gasteiger partial charge >= 0.3 is 39.3 Å². The summed E-state index contributed by atoms with van der Waals surface area (Å²) < 4.78 is 136. The predicted octanol–water partition coefficient (Wildman–Crippen LogP) is 2.71. The lowest BCUT2D eigenvalue weighted by atomic mass is 10.1. The van der Waals surface area contributed by atoms with Gasteiger partial charge in [-0.2, -0.15) is 47.9 Å². The highest BCUT2D eigenvalue weighted by Crippen LogP contribution is 2.54. The highest BCUT2D eigenvalue weighted by molar-refractivity contribution is 7.90. The first-order valence-electron chi connectivity index (χ1n) is 5.51. The summed E-state index contributed by atoms with van der Waals surface area (Å²) in [7, 11) is -6.85. The minimum Gasteiger partial charge on any atom is -0.478 e. The Hall–Kier alpha value is -1.67. The summed E-state index contributed by atoms with van der Waals surface area (Å²) >= 11 is 0.